The molecule has 7 heteroatoms. The van der Waals surface area contributed by atoms with E-state index >= 15 is 0 Å². The Bertz CT molecular complexity index is 508. The first-order valence-electron chi connectivity index (χ1n) is 5.79. The third-order valence-corrected chi connectivity index (χ3v) is 6.06. The Balaban J connectivity index is 3.03. The number of nitrogens with zero attached hydrogens (tertiary/aromatic N) is 1. The zero-order valence-corrected chi connectivity index (χ0v) is 13.0. The Kier molecular flexibility index (Phi) is 5.71. The molecule has 2 N–H and O–H groups in total. The largest absolute Gasteiger partial charge is 0.392 e. The van der Waals surface area contributed by atoms with Crippen molar-refractivity contribution in [2.24, 2.45) is 5.73 Å². The smallest absolute Gasteiger partial charge is 0.252 e. The molecule has 4 nitrogen and oxygen atoms in total. The predicted molar refractivity (Wildman–Crippen MR) is 79.5 cm³/mol. The fraction of sp³-hybridized carbons (Fsp3) is 0.545. The van der Waals surface area contributed by atoms with Crippen molar-refractivity contribution in [2.75, 3.05) is 13.1 Å². The van der Waals surface area contributed by atoms with Crippen LogP contribution in [0, 0.1) is 0 Å². The van der Waals surface area contributed by atoms with E-state index in [0.717, 1.165) is 17.7 Å². The Morgan fingerprint density at radius 3 is 2.56 bits per heavy atom. The summed E-state index contributed by atoms with van der Waals surface area (Å²) in [5.74, 6) is 0. The Morgan fingerprint density at radius 2 is 2.11 bits per heavy atom. The maximum absolute atomic E-state index is 12.4. The van der Waals surface area contributed by atoms with E-state index in [9.17, 15) is 8.42 Å². The number of thiophene rings is 1. The van der Waals surface area contributed by atoms with Crippen molar-refractivity contribution in [3.8, 4) is 0 Å². The van der Waals surface area contributed by atoms with Gasteiger partial charge in [0.2, 0.25) is 0 Å². The Morgan fingerprint density at radius 1 is 1.44 bits per heavy atom. The van der Waals surface area contributed by atoms with Gasteiger partial charge in [-0.25, -0.2) is 8.42 Å². The Labute approximate surface area is 118 Å². The van der Waals surface area contributed by atoms with Gasteiger partial charge in [0.25, 0.3) is 10.0 Å². The number of rotatable bonds is 7. The summed E-state index contributed by atoms with van der Waals surface area (Å²) < 4.78 is 26.5. The van der Waals surface area contributed by atoms with Crippen molar-refractivity contribution in [1.29, 1.82) is 0 Å². The van der Waals surface area contributed by atoms with Crippen LogP contribution in [0.5, 0.6) is 0 Å². The van der Waals surface area contributed by atoms with E-state index in [4.69, 9.17) is 18.0 Å². The monoisotopic (exact) mass is 306 g/mol. The van der Waals surface area contributed by atoms with Gasteiger partial charge in [0, 0.05) is 11.4 Å². The third kappa shape index (κ3) is 3.74. The zero-order chi connectivity index (χ0) is 13.8. The van der Waals surface area contributed by atoms with Gasteiger partial charge in [-0.3, -0.25) is 0 Å². The van der Waals surface area contributed by atoms with Gasteiger partial charge in [0.05, 0.1) is 11.5 Å². The van der Waals surface area contributed by atoms with Gasteiger partial charge in [0.1, 0.15) is 4.21 Å². The van der Waals surface area contributed by atoms with Crippen LogP contribution in [0.15, 0.2) is 16.3 Å². The quantitative estimate of drug-likeness (QED) is 0.783. The molecule has 0 aliphatic heterocycles. The van der Waals surface area contributed by atoms with Gasteiger partial charge in [-0.2, -0.15) is 4.31 Å². The molecule has 0 atom stereocenters. The van der Waals surface area contributed by atoms with Crippen molar-refractivity contribution in [2.45, 2.75) is 30.9 Å². The highest BCUT2D eigenvalue weighted by molar-refractivity contribution is 7.91. The van der Waals surface area contributed by atoms with E-state index in [1.54, 1.807) is 6.07 Å². The van der Waals surface area contributed by atoms with Gasteiger partial charge < -0.3 is 5.73 Å². The molecule has 0 aromatic carbocycles. The lowest BCUT2D eigenvalue weighted by atomic mass is 10.4. The van der Waals surface area contributed by atoms with Crippen LogP contribution in [-0.4, -0.2) is 30.8 Å². The van der Waals surface area contributed by atoms with Crippen LogP contribution < -0.4 is 5.73 Å². The first kappa shape index (κ1) is 15.6. The molecule has 0 radical (unpaired) electrons. The molecule has 0 fully saturated rings. The number of aryl methyl sites for hydroxylation is 1. The molecular formula is C11H18N2O2S3. The molecule has 0 aliphatic carbocycles. The van der Waals surface area contributed by atoms with Crippen molar-refractivity contribution in [3.05, 3.63) is 17.0 Å². The first-order valence-corrected chi connectivity index (χ1v) is 8.45. The van der Waals surface area contributed by atoms with E-state index < -0.39 is 10.0 Å². The van der Waals surface area contributed by atoms with Crippen LogP contribution in [0.4, 0.5) is 0 Å². The molecule has 18 heavy (non-hydrogen) atoms. The number of sulfonamides is 1. The highest BCUT2D eigenvalue weighted by Crippen LogP contribution is 2.25. The van der Waals surface area contributed by atoms with Crippen molar-refractivity contribution < 1.29 is 8.42 Å². The van der Waals surface area contributed by atoms with E-state index in [1.807, 2.05) is 19.9 Å². The summed E-state index contributed by atoms with van der Waals surface area (Å²) in [6.45, 7) is 4.46. The van der Waals surface area contributed by atoms with Gasteiger partial charge in [-0.1, -0.05) is 26.1 Å². The summed E-state index contributed by atoms with van der Waals surface area (Å²) in [4.78, 5) is 1.25. The number of hydrogen-bond donors (Lipinski definition) is 1. The summed E-state index contributed by atoms with van der Waals surface area (Å²) in [6, 6.07) is 3.50. The minimum Gasteiger partial charge on any atom is -0.392 e. The molecule has 102 valence electrons. The Hall–Kier alpha value is -0.500. The van der Waals surface area contributed by atoms with E-state index in [1.165, 1.54) is 15.6 Å². The molecule has 0 unspecified atom stereocenters. The van der Waals surface area contributed by atoms with Crippen molar-refractivity contribution >= 4 is 38.6 Å². The van der Waals surface area contributed by atoms with Crippen molar-refractivity contribution in [3.63, 3.8) is 0 Å². The summed E-state index contributed by atoms with van der Waals surface area (Å²) in [5, 5.41) is 0. The van der Waals surface area contributed by atoms with Crippen LogP contribution in [0.2, 0.25) is 0 Å². The molecule has 1 heterocycles. The van der Waals surface area contributed by atoms with Gasteiger partial charge >= 0.3 is 0 Å². The third-order valence-electron chi connectivity index (χ3n) is 2.38. The van der Waals surface area contributed by atoms with Gasteiger partial charge in [-0.15, -0.1) is 11.3 Å². The molecule has 1 aromatic heterocycles. The molecule has 1 aromatic rings. The lowest BCUT2D eigenvalue weighted by Gasteiger charge is -2.19. The minimum atomic E-state index is -3.46. The molecule has 0 amide bonds. The SMILES string of the molecule is CCCN(CC(N)=S)S(=O)(=O)c1ccc(CC)s1. The maximum atomic E-state index is 12.4. The molecule has 0 bridgehead atoms. The maximum Gasteiger partial charge on any atom is 0.252 e. The average molecular weight is 306 g/mol. The highest BCUT2D eigenvalue weighted by atomic mass is 32.2. The van der Waals surface area contributed by atoms with Crippen LogP contribution in [0.3, 0.4) is 0 Å². The fourth-order valence-electron chi connectivity index (χ4n) is 1.52. The lowest BCUT2D eigenvalue weighted by Crippen LogP contribution is -2.37. The van der Waals surface area contributed by atoms with E-state index in [-0.39, 0.29) is 11.5 Å². The van der Waals surface area contributed by atoms with Crippen LogP contribution >= 0.6 is 23.6 Å². The topological polar surface area (TPSA) is 63.4 Å². The standard InChI is InChI=1S/C11H18N2O2S3/c1-3-7-13(8-10(12)16)18(14,15)11-6-5-9(4-2)17-11/h5-6H,3-4,7-8H2,1-2H3,(H2,12,16). The zero-order valence-electron chi connectivity index (χ0n) is 10.5. The van der Waals surface area contributed by atoms with Crippen LogP contribution in [-0.2, 0) is 16.4 Å². The first-order chi connectivity index (χ1) is 8.41. The molecule has 0 aliphatic rings. The van der Waals surface area contributed by atoms with Crippen molar-refractivity contribution in [1.82, 2.24) is 4.31 Å². The van der Waals surface area contributed by atoms with E-state index in [0.29, 0.717) is 10.8 Å². The minimum absolute atomic E-state index is 0.102. The molecule has 0 saturated carbocycles. The molecule has 1 rings (SSSR count). The summed E-state index contributed by atoms with van der Waals surface area (Å²) >= 11 is 6.12. The second-order valence-electron chi connectivity index (χ2n) is 3.88. The van der Waals surface area contributed by atoms with Gasteiger partial charge in [0.15, 0.2) is 0 Å². The fourth-order valence-corrected chi connectivity index (χ4v) is 4.72. The number of hydrogen-bond acceptors (Lipinski definition) is 4. The molecule has 0 spiro atoms. The van der Waals surface area contributed by atoms with Crippen LogP contribution in [0.25, 0.3) is 0 Å². The normalized spacial score (nSPS) is 11.9. The summed E-state index contributed by atoms with van der Waals surface area (Å²) in [5.41, 5.74) is 5.46. The van der Waals surface area contributed by atoms with E-state index in [2.05, 4.69) is 0 Å². The molecular weight excluding hydrogens is 288 g/mol. The lowest BCUT2D eigenvalue weighted by molar-refractivity contribution is 0.451. The second-order valence-corrected chi connectivity index (χ2v) is 7.74. The second kappa shape index (κ2) is 6.60. The number of thiocarbonyl (C=S) groups is 1. The summed E-state index contributed by atoms with van der Waals surface area (Å²) in [6.07, 6.45) is 1.57. The van der Waals surface area contributed by atoms with Crippen LogP contribution in [0.1, 0.15) is 25.1 Å². The average Bonchev–Trinajstić information content (AvgIpc) is 2.77. The molecule has 0 saturated heterocycles. The predicted octanol–water partition coefficient (Wildman–Crippen LogP) is 2.00. The van der Waals surface area contributed by atoms with Gasteiger partial charge in [-0.05, 0) is 25.0 Å². The summed E-state index contributed by atoms with van der Waals surface area (Å²) in [7, 11) is -3.46. The highest BCUT2D eigenvalue weighted by Gasteiger charge is 2.25. The number of nitrogens with two attached hydrogens (primary N) is 1.